The number of benzene rings is 2. The van der Waals surface area contributed by atoms with Gasteiger partial charge < -0.3 is 23.7 Å². The summed E-state index contributed by atoms with van der Waals surface area (Å²) >= 11 is 0. The zero-order valence-corrected chi connectivity index (χ0v) is 15.5. The lowest BCUT2D eigenvalue weighted by atomic mass is 10.2. The second-order valence-corrected chi connectivity index (χ2v) is 5.97. The van der Waals surface area contributed by atoms with Gasteiger partial charge in [-0.25, -0.2) is 0 Å². The maximum absolute atomic E-state index is 11.9. The van der Waals surface area contributed by atoms with Crippen molar-refractivity contribution in [2.24, 2.45) is 0 Å². The maximum Gasteiger partial charge on any atom is 0.287 e. The van der Waals surface area contributed by atoms with E-state index in [1.807, 2.05) is 48.5 Å². The number of nitrogens with zero attached hydrogens (tertiary/aromatic N) is 2. The minimum Gasteiger partial charge on any atom is -0.497 e. The third-order valence-electron chi connectivity index (χ3n) is 4.02. The Morgan fingerprint density at radius 3 is 2.34 bits per heavy atom. The lowest BCUT2D eigenvalue weighted by molar-refractivity contribution is 0.0918. The maximum atomic E-state index is 11.9. The molecule has 4 aromatic rings. The van der Waals surface area contributed by atoms with E-state index in [-0.39, 0.29) is 18.2 Å². The number of hydrogen-bond acceptors (Lipinski definition) is 7. The molecule has 1 amide bonds. The van der Waals surface area contributed by atoms with Crippen molar-refractivity contribution in [3.8, 4) is 28.6 Å². The van der Waals surface area contributed by atoms with Crippen molar-refractivity contribution in [1.82, 2.24) is 15.5 Å². The highest BCUT2D eigenvalue weighted by atomic mass is 16.5. The van der Waals surface area contributed by atoms with Crippen molar-refractivity contribution in [2.45, 2.75) is 6.54 Å². The highest BCUT2D eigenvalue weighted by molar-refractivity contribution is 5.91. The highest BCUT2D eigenvalue weighted by Gasteiger charge is 2.12. The minimum absolute atomic E-state index is 0.102. The number of carbonyl (C=O) groups excluding carboxylic acids is 1. The van der Waals surface area contributed by atoms with Gasteiger partial charge in [-0.3, -0.25) is 4.79 Å². The summed E-state index contributed by atoms with van der Waals surface area (Å²) in [6.07, 6.45) is 1.43. The van der Waals surface area contributed by atoms with Crippen molar-refractivity contribution in [3.63, 3.8) is 0 Å². The van der Waals surface area contributed by atoms with Crippen LogP contribution in [-0.2, 0) is 6.54 Å². The van der Waals surface area contributed by atoms with Crippen LogP contribution >= 0.6 is 0 Å². The summed E-state index contributed by atoms with van der Waals surface area (Å²) in [5.74, 6) is 2.72. The Bertz CT molecular complexity index is 1070. The fourth-order valence-corrected chi connectivity index (χ4v) is 2.55. The normalized spacial score (nSPS) is 10.5. The molecule has 0 spiro atoms. The highest BCUT2D eigenvalue weighted by Crippen LogP contribution is 2.26. The Labute approximate surface area is 166 Å². The second-order valence-electron chi connectivity index (χ2n) is 5.97. The van der Waals surface area contributed by atoms with Gasteiger partial charge in [0.25, 0.3) is 5.91 Å². The molecule has 146 valence electrons. The molecule has 0 saturated heterocycles. The molecule has 8 nitrogen and oxygen atoms in total. The van der Waals surface area contributed by atoms with Crippen molar-refractivity contribution in [2.75, 3.05) is 7.11 Å². The summed E-state index contributed by atoms with van der Waals surface area (Å²) in [6.45, 7) is 0.102. The van der Waals surface area contributed by atoms with E-state index in [0.717, 1.165) is 11.3 Å². The molecule has 0 saturated carbocycles. The molecule has 0 aliphatic heterocycles. The van der Waals surface area contributed by atoms with Crippen molar-refractivity contribution in [3.05, 3.63) is 78.6 Å². The van der Waals surface area contributed by atoms with E-state index in [4.69, 9.17) is 18.4 Å². The first-order valence-electron chi connectivity index (χ1n) is 8.78. The Balaban J connectivity index is 1.37. The molecule has 0 bridgehead atoms. The first-order chi connectivity index (χ1) is 14.2. The molecule has 0 fully saturated rings. The quantitative estimate of drug-likeness (QED) is 0.507. The first-order valence-corrected chi connectivity index (χ1v) is 8.78. The molecule has 8 heteroatoms. The number of amides is 1. The van der Waals surface area contributed by atoms with Gasteiger partial charge >= 0.3 is 0 Å². The number of methoxy groups -OCH3 is 1. The molecule has 0 unspecified atom stereocenters. The van der Waals surface area contributed by atoms with Crippen LogP contribution in [0.1, 0.15) is 16.4 Å². The van der Waals surface area contributed by atoms with Crippen LogP contribution in [0.4, 0.5) is 0 Å². The number of hydrogen-bond donors (Lipinski definition) is 1. The topological polar surface area (TPSA) is 99.6 Å². The summed E-state index contributed by atoms with van der Waals surface area (Å²) in [4.78, 5) is 16.2. The number of aromatic nitrogens is 2. The van der Waals surface area contributed by atoms with E-state index in [1.165, 1.54) is 6.26 Å². The van der Waals surface area contributed by atoms with E-state index >= 15 is 0 Å². The third kappa shape index (κ3) is 4.44. The van der Waals surface area contributed by atoms with Gasteiger partial charge in [-0.05, 0) is 60.7 Å². The van der Waals surface area contributed by atoms with Crippen LogP contribution in [0, 0.1) is 0 Å². The molecule has 2 heterocycles. The van der Waals surface area contributed by atoms with Gasteiger partial charge in [-0.15, -0.1) is 0 Å². The van der Waals surface area contributed by atoms with Crippen LogP contribution in [0.3, 0.4) is 0 Å². The predicted octanol–water partition coefficient (Wildman–Crippen LogP) is 4.06. The zero-order valence-electron chi connectivity index (χ0n) is 15.5. The summed E-state index contributed by atoms with van der Waals surface area (Å²) in [6, 6.07) is 17.8. The summed E-state index contributed by atoms with van der Waals surface area (Å²) in [5.41, 5.74) is 0.763. The predicted molar refractivity (Wildman–Crippen MR) is 103 cm³/mol. The fraction of sp³-hybridized carbons (Fsp3) is 0.0952. The van der Waals surface area contributed by atoms with Crippen LogP contribution in [0.5, 0.6) is 17.2 Å². The van der Waals surface area contributed by atoms with E-state index in [1.54, 1.807) is 19.2 Å². The molecule has 4 rings (SSSR count). The van der Waals surface area contributed by atoms with E-state index < -0.39 is 0 Å². The van der Waals surface area contributed by atoms with Crippen molar-refractivity contribution >= 4 is 5.91 Å². The second kappa shape index (κ2) is 8.30. The number of ether oxygens (including phenoxy) is 2. The van der Waals surface area contributed by atoms with Crippen LogP contribution in [-0.4, -0.2) is 23.2 Å². The molecular formula is C21H17N3O5. The van der Waals surface area contributed by atoms with Gasteiger partial charge in [-0.2, -0.15) is 4.98 Å². The smallest absolute Gasteiger partial charge is 0.287 e. The lowest BCUT2D eigenvalue weighted by Gasteiger charge is -2.06. The number of carbonyl (C=O) groups is 1. The molecular weight excluding hydrogens is 374 g/mol. The molecule has 2 aromatic carbocycles. The van der Waals surface area contributed by atoms with E-state index in [2.05, 4.69) is 15.5 Å². The minimum atomic E-state index is -0.352. The van der Waals surface area contributed by atoms with Crippen LogP contribution in [0.25, 0.3) is 11.4 Å². The average Bonchev–Trinajstić information content (AvgIpc) is 3.46. The fourth-order valence-electron chi connectivity index (χ4n) is 2.55. The van der Waals surface area contributed by atoms with Gasteiger partial charge in [0.15, 0.2) is 5.76 Å². The Morgan fingerprint density at radius 2 is 1.69 bits per heavy atom. The van der Waals surface area contributed by atoms with Crippen LogP contribution in [0.2, 0.25) is 0 Å². The van der Waals surface area contributed by atoms with Gasteiger partial charge in [0.05, 0.1) is 19.9 Å². The Hall–Kier alpha value is -4.07. The third-order valence-corrected chi connectivity index (χ3v) is 4.02. The molecule has 0 atom stereocenters. The molecule has 0 aliphatic carbocycles. The molecule has 29 heavy (non-hydrogen) atoms. The van der Waals surface area contributed by atoms with E-state index in [0.29, 0.717) is 23.2 Å². The molecule has 1 N–H and O–H groups in total. The monoisotopic (exact) mass is 391 g/mol. The average molecular weight is 391 g/mol. The molecule has 2 aromatic heterocycles. The van der Waals surface area contributed by atoms with Crippen molar-refractivity contribution in [1.29, 1.82) is 0 Å². The van der Waals surface area contributed by atoms with Crippen LogP contribution in [0.15, 0.2) is 75.9 Å². The Kier molecular flexibility index (Phi) is 5.24. The van der Waals surface area contributed by atoms with Gasteiger partial charge in [0.2, 0.25) is 11.7 Å². The zero-order chi connectivity index (χ0) is 20.1. The SMILES string of the molecule is COc1ccc(Oc2ccc(-c3noc(CNC(=O)c4ccco4)n3)cc2)cc1. The lowest BCUT2D eigenvalue weighted by Crippen LogP contribution is -2.22. The summed E-state index contributed by atoms with van der Waals surface area (Å²) in [5, 5.41) is 6.60. The van der Waals surface area contributed by atoms with Gasteiger partial charge in [0.1, 0.15) is 17.2 Å². The van der Waals surface area contributed by atoms with Gasteiger partial charge in [-0.1, -0.05) is 5.16 Å². The van der Waals surface area contributed by atoms with Crippen molar-refractivity contribution < 1.29 is 23.2 Å². The molecule has 0 aliphatic rings. The van der Waals surface area contributed by atoms with E-state index in [9.17, 15) is 4.79 Å². The summed E-state index contributed by atoms with van der Waals surface area (Å²) < 4.78 is 21.1. The largest absolute Gasteiger partial charge is 0.497 e. The standard InChI is InChI=1S/C21H17N3O5/c1-26-15-8-10-17(11-9-15)28-16-6-4-14(5-7-16)20-23-19(29-24-20)13-22-21(25)18-3-2-12-27-18/h2-12H,13H2,1H3,(H,22,25). The molecule has 0 radical (unpaired) electrons. The van der Waals surface area contributed by atoms with Gasteiger partial charge in [0, 0.05) is 5.56 Å². The number of rotatable bonds is 7. The summed E-state index contributed by atoms with van der Waals surface area (Å²) in [7, 11) is 1.62. The number of furan rings is 1. The number of nitrogens with one attached hydrogen (secondary N) is 1. The first kappa shape index (κ1) is 18.3. The van der Waals surface area contributed by atoms with Crippen LogP contribution < -0.4 is 14.8 Å². The Morgan fingerprint density at radius 1 is 1.00 bits per heavy atom.